The maximum absolute atomic E-state index is 13.4. The van der Waals surface area contributed by atoms with Gasteiger partial charge in [-0.3, -0.25) is 9.59 Å². The number of urea groups is 1. The fourth-order valence-corrected chi connectivity index (χ4v) is 3.67. The molecule has 2 aliphatic heterocycles. The molecule has 1 aromatic rings. The highest BCUT2D eigenvalue weighted by Gasteiger charge is 2.49. The van der Waals surface area contributed by atoms with Gasteiger partial charge in [0.1, 0.15) is 23.9 Å². The summed E-state index contributed by atoms with van der Waals surface area (Å²) < 4.78 is 5.94. The number of rotatable bonds is 4. The summed E-state index contributed by atoms with van der Waals surface area (Å²) in [5.41, 5.74) is -0.106. The van der Waals surface area contributed by atoms with Crippen molar-refractivity contribution in [3.63, 3.8) is 0 Å². The van der Waals surface area contributed by atoms with Crippen molar-refractivity contribution in [1.29, 1.82) is 0 Å². The standard InChI is InChI=1S/C20H28N4O4/c1-13(24-18(26)20(2,3)21-19(24)27)17(25)23-10-14-8-6-7-9-16(14)28-12-15(23)11-22(4)5/h6-9,13,15H,10-12H2,1-5H3,(H,21,27). The molecule has 3 rings (SSSR count). The molecule has 1 fully saturated rings. The summed E-state index contributed by atoms with van der Waals surface area (Å²) >= 11 is 0. The van der Waals surface area contributed by atoms with Gasteiger partial charge < -0.3 is 19.9 Å². The summed E-state index contributed by atoms with van der Waals surface area (Å²) in [5.74, 6) is 0.0904. The minimum absolute atomic E-state index is 0.203. The van der Waals surface area contributed by atoms with Crippen molar-refractivity contribution < 1.29 is 19.1 Å². The van der Waals surface area contributed by atoms with Crippen molar-refractivity contribution in [2.45, 2.75) is 44.9 Å². The van der Waals surface area contributed by atoms with Gasteiger partial charge in [-0.05, 0) is 40.9 Å². The summed E-state index contributed by atoms with van der Waals surface area (Å²) in [4.78, 5) is 43.1. The van der Waals surface area contributed by atoms with Crippen LogP contribution in [0.5, 0.6) is 5.75 Å². The van der Waals surface area contributed by atoms with Crippen LogP contribution >= 0.6 is 0 Å². The van der Waals surface area contributed by atoms with Gasteiger partial charge in [-0.15, -0.1) is 0 Å². The monoisotopic (exact) mass is 388 g/mol. The van der Waals surface area contributed by atoms with E-state index in [1.807, 2.05) is 43.3 Å². The molecule has 0 aromatic heterocycles. The van der Waals surface area contributed by atoms with E-state index in [0.29, 0.717) is 19.7 Å². The molecule has 0 bridgehead atoms. The van der Waals surface area contributed by atoms with E-state index in [4.69, 9.17) is 4.74 Å². The molecule has 0 spiro atoms. The highest BCUT2D eigenvalue weighted by molar-refractivity contribution is 6.09. The molecular formula is C20H28N4O4. The van der Waals surface area contributed by atoms with Crippen molar-refractivity contribution in [1.82, 2.24) is 20.0 Å². The molecule has 8 heteroatoms. The number of fused-ring (bicyclic) bond motifs is 1. The molecule has 0 radical (unpaired) electrons. The van der Waals surface area contributed by atoms with Crippen LogP contribution in [-0.4, -0.2) is 77.4 Å². The number of nitrogens with one attached hydrogen (secondary N) is 1. The van der Waals surface area contributed by atoms with Crippen molar-refractivity contribution in [3.05, 3.63) is 29.8 Å². The van der Waals surface area contributed by atoms with Gasteiger partial charge in [-0.1, -0.05) is 18.2 Å². The predicted octanol–water partition coefficient (Wildman–Crippen LogP) is 1.06. The van der Waals surface area contributed by atoms with E-state index in [2.05, 4.69) is 5.32 Å². The Bertz CT molecular complexity index is 792. The first kappa shape index (κ1) is 20.1. The van der Waals surface area contributed by atoms with E-state index in [9.17, 15) is 14.4 Å². The summed E-state index contributed by atoms with van der Waals surface area (Å²) in [6.07, 6.45) is 0. The van der Waals surface area contributed by atoms with Crippen LogP contribution in [0.1, 0.15) is 26.3 Å². The third-order valence-corrected chi connectivity index (χ3v) is 5.18. The van der Waals surface area contributed by atoms with Crippen LogP contribution in [-0.2, 0) is 16.1 Å². The summed E-state index contributed by atoms with van der Waals surface area (Å²) in [7, 11) is 3.87. The first-order valence-corrected chi connectivity index (χ1v) is 9.43. The number of para-hydroxylation sites is 1. The Balaban J connectivity index is 1.89. The lowest BCUT2D eigenvalue weighted by Crippen LogP contribution is -2.55. The van der Waals surface area contributed by atoms with Crippen molar-refractivity contribution in [2.24, 2.45) is 0 Å². The number of nitrogens with zero attached hydrogens (tertiary/aromatic N) is 3. The molecule has 2 aliphatic rings. The van der Waals surface area contributed by atoms with Crippen LogP contribution in [0.15, 0.2) is 24.3 Å². The molecule has 2 heterocycles. The summed E-state index contributed by atoms with van der Waals surface area (Å²) in [6.45, 7) is 6.19. The zero-order valence-corrected chi connectivity index (χ0v) is 17.1. The van der Waals surface area contributed by atoms with Gasteiger partial charge in [-0.2, -0.15) is 0 Å². The molecule has 1 saturated heterocycles. The lowest BCUT2D eigenvalue weighted by atomic mass is 10.1. The normalized spacial score (nSPS) is 22.4. The number of hydrogen-bond acceptors (Lipinski definition) is 5. The average molecular weight is 388 g/mol. The molecule has 2 atom stereocenters. The Morgan fingerprint density at radius 1 is 1.32 bits per heavy atom. The minimum atomic E-state index is -1.01. The highest BCUT2D eigenvalue weighted by atomic mass is 16.5. The second-order valence-corrected chi connectivity index (χ2v) is 8.21. The number of hydrogen-bond donors (Lipinski definition) is 1. The Morgan fingerprint density at radius 2 is 2.00 bits per heavy atom. The highest BCUT2D eigenvalue weighted by Crippen LogP contribution is 2.27. The Labute approximate surface area is 165 Å². The van der Waals surface area contributed by atoms with Gasteiger partial charge in [0.05, 0.1) is 6.04 Å². The number of ether oxygens (including phenoxy) is 1. The molecule has 2 unspecified atom stereocenters. The first-order valence-electron chi connectivity index (χ1n) is 9.43. The Hall–Kier alpha value is -2.61. The van der Waals surface area contributed by atoms with E-state index in [0.717, 1.165) is 16.2 Å². The number of likely N-dealkylation sites (N-methyl/N-ethyl adjacent to an activating group) is 1. The lowest BCUT2D eigenvalue weighted by molar-refractivity contribution is -0.145. The lowest BCUT2D eigenvalue weighted by Gasteiger charge is -2.34. The van der Waals surface area contributed by atoms with E-state index < -0.39 is 23.5 Å². The summed E-state index contributed by atoms with van der Waals surface area (Å²) in [5, 5.41) is 2.64. The van der Waals surface area contributed by atoms with Crippen molar-refractivity contribution in [2.75, 3.05) is 27.2 Å². The second-order valence-electron chi connectivity index (χ2n) is 8.21. The molecule has 0 aliphatic carbocycles. The number of benzene rings is 1. The maximum atomic E-state index is 13.4. The molecule has 4 amide bonds. The third-order valence-electron chi connectivity index (χ3n) is 5.18. The van der Waals surface area contributed by atoms with E-state index in [-0.39, 0.29) is 11.9 Å². The second kappa shape index (κ2) is 7.43. The van der Waals surface area contributed by atoms with E-state index in [1.54, 1.807) is 25.7 Å². The molecular weight excluding hydrogens is 360 g/mol. The Morgan fingerprint density at radius 3 is 2.61 bits per heavy atom. The van der Waals surface area contributed by atoms with Crippen molar-refractivity contribution in [3.8, 4) is 5.75 Å². The number of carbonyl (C=O) groups is 3. The number of amides is 4. The van der Waals surface area contributed by atoms with Gasteiger partial charge in [0.25, 0.3) is 5.91 Å². The third kappa shape index (κ3) is 3.69. The van der Waals surface area contributed by atoms with Crippen LogP contribution in [0.25, 0.3) is 0 Å². The van der Waals surface area contributed by atoms with E-state index >= 15 is 0 Å². The molecule has 0 saturated carbocycles. The van der Waals surface area contributed by atoms with Crippen LogP contribution in [0, 0.1) is 0 Å². The SMILES string of the molecule is CC(C(=O)N1Cc2ccccc2OCC1CN(C)C)N1C(=O)NC(C)(C)C1=O. The van der Waals surface area contributed by atoms with Crippen LogP contribution in [0.2, 0.25) is 0 Å². The van der Waals surface area contributed by atoms with Crippen molar-refractivity contribution >= 4 is 17.8 Å². The largest absolute Gasteiger partial charge is 0.491 e. The molecule has 152 valence electrons. The van der Waals surface area contributed by atoms with Gasteiger partial charge in [0.2, 0.25) is 5.91 Å². The fourth-order valence-electron chi connectivity index (χ4n) is 3.67. The van der Waals surface area contributed by atoms with E-state index in [1.165, 1.54) is 0 Å². The molecule has 1 aromatic carbocycles. The number of carbonyl (C=O) groups excluding carboxylic acids is 3. The smallest absolute Gasteiger partial charge is 0.325 e. The zero-order valence-electron chi connectivity index (χ0n) is 17.1. The van der Waals surface area contributed by atoms with Gasteiger partial charge in [0, 0.05) is 18.7 Å². The Kier molecular flexibility index (Phi) is 5.34. The minimum Gasteiger partial charge on any atom is -0.491 e. The fraction of sp³-hybridized carbons (Fsp3) is 0.550. The van der Waals surface area contributed by atoms with Crippen LogP contribution < -0.4 is 10.1 Å². The molecule has 1 N–H and O–H groups in total. The average Bonchev–Trinajstić information content (AvgIpc) is 2.74. The van der Waals surface area contributed by atoms with Crippen LogP contribution in [0.3, 0.4) is 0 Å². The van der Waals surface area contributed by atoms with Gasteiger partial charge >= 0.3 is 6.03 Å². The zero-order chi connectivity index (χ0) is 20.6. The maximum Gasteiger partial charge on any atom is 0.325 e. The topological polar surface area (TPSA) is 82.2 Å². The first-order chi connectivity index (χ1) is 13.1. The summed E-state index contributed by atoms with van der Waals surface area (Å²) in [6, 6.07) is 5.98. The molecule has 28 heavy (non-hydrogen) atoms. The quantitative estimate of drug-likeness (QED) is 0.780. The van der Waals surface area contributed by atoms with Gasteiger partial charge in [0.15, 0.2) is 0 Å². The number of imide groups is 1. The molecule has 8 nitrogen and oxygen atoms in total. The van der Waals surface area contributed by atoms with Gasteiger partial charge in [-0.25, -0.2) is 9.69 Å². The van der Waals surface area contributed by atoms with Crippen LogP contribution in [0.4, 0.5) is 4.79 Å². The predicted molar refractivity (Wildman–Crippen MR) is 104 cm³/mol.